The van der Waals surface area contributed by atoms with Gasteiger partial charge in [-0.1, -0.05) is 13.3 Å². The molecule has 35 heavy (non-hydrogen) atoms. The van der Waals surface area contributed by atoms with Gasteiger partial charge in [-0.15, -0.1) is 0 Å². The molecule has 0 N–H and O–H groups in total. The Bertz CT molecular complexity index is 1020. The first-order valence-electron chi connectivity index (χ1n) is 12.8. The van der Waals surface area contributed by atoms with Gasteiger partial charge in [-0.2, -0.15) is 4.98 Å². The summed E-state index contributed by atoms with van der Waals surface area (Å²) >= 11 is 0. The van der Waals surface area contributed by atoms with Gasteiger partial charge in [0, 0.05) is 50.7 Å². The summed E-state index contributed by atoms with van der Waals surface area (Å²) < 4.78 is 17.3. The molecule has 9 nitrogen and oxygen atoms in total. The molecule has 9 heteroatoms. The monoisotopic (exact) mass is 485 g/mol. The van der Waals surface area contributed by atoms with E-state index in [0.29, 0.717) is 44.3 Å². The zero-order chi connectivity index (χ0) is 25.0. The van der Waals surface area contributed by atoms with E-state index in [1.807, 2.05) is 32.9 Å². The third kappa shape index (κ3) is 6.00. The predicted molar refractivity (Wildman–Crippen MR) is 138 cm³/mol. The second-order valence-electron chi connectivity index (χ2n) is 10.2. The normalized spacial score (nSPS) is 16.7. The third-order valence-corrected chi connectivity index (χ3v) is 6.32. The van der Waals surface area contributed by atoms with E-state index in [1.165, 1.54) is 0 Å². The van der Waals surface area contributed by atoms with Crippen molar-refractivity contribution in [2.75, 3.05) is 62.8 Å². The first kappa shape index (κ1) is 25.1. The molecule has 2 aliphatic rings. The summed E-state index contributed by atoms with van der Waals surface area (Å²) in [5.74, 6) is 3.02. The van der Waals surface area contributed by atoms with Gasteiger partial charge in [0.1, 0.15) is 11.4 Å². The number of nitrogens with zero attached hydrogens (tertiary/aromatic N) is 5. The maximum absolute atomic E-state index is 12.5. The Morgan fingerprint density at radius 2 is 1.69 bits per heavy atom. The molecule has 0 aliphatic carbocycles. The highest BCUT2D eigenvalue weighted by Gasteiger charge is 2.28. The molecule has 0 spiro atoms. The van der Waals surface area contributed by atoms with Gasteiger partial charge < -0.3 is 28.9 Å². The Labute approximate surface area is 208 Å². The summed E-state index contributed by atoms with van der Waals surface area (Å²) in [6.07, 6.45) is 4.09. The van der Waals surface area contributed by atoms with E-state index in [9.17, 15) is 4.79 Å². The molecule has 0 atom stereocenters. The molecule has 0 saturated carbocycles. The number of hydrogen-bond donors (Lipinski definition) is 0. The molecule has 2 aliphatic heterocycles. The number of methoxy groups -OCH3 is 1. The molecule has 4 rings (SSSR count). The minimum absolute atomic E-state index is 0.266. The maximum Gasteiger partial charge on any atom is 0.410 e. The Balaban J connectivity index is 1.64. The third-order valence-electron chi connectivity index (χ3n) is 6.32. The standard InChI is InChI=1S/C26H39N5O4/c1-6-7-16-34-22-18-20-19(17-21(22)33-5)23(28-24(27-20)30-10-8-9-11-30)29-12-14-31(15-13-29)25(32)35-26(2,3)4/h17-18H,6-16H2,1-5H3. The second kappa shape index (κ2) is 10.7. The first-order chi connectivity index (χ1) is 16.8. The van der Waals surface area contributed by atoms with Crippen LogP contribution in [0.2, 0.25) is 0 Å². The number of rotatable bonds is 7. The average molecular weight is 486 g/mol. The van der Waals surface area contributed by atoms with Gasteiger partial charge in [-0.05, 0) is 46.1 Å². The van der Waals surface area contributed by atoms with Crippen LogP contribution in [0.15, 0.2) is 12.1 Å². The van der Waals surface area contributed by atoms with Crippen LogP contribution in [0.1, 0.15) is 53.4 Å². The largest absolute Gasteiger partial charge is 0.493 e. The predicted octanol–water partition coefficient (Wildman–Crippen LogP) is 4.47. The smallest absolute Gasteiger partial charge is 0.410 e. The Kier molecular flexibility index (Phi) is 7.72. The molecule has 192 valence electrons. The number of anilines is 2. The molecular formula is C26H39N5O4. The quantitative estimate of drug-likeness (QED) is 0.531. The minimum Gasteiger partial charge on any atom is -0.493 e. The highest BCUT2D eigenvalue weighted by Crippen LogP contribution is 2.37. The number of carbonyl (C=O) groups is 1. The Morgan fingerprint density at radius 3 is 2.31 bits per heavy atom. The summed E-state index contributed by atoms with van der Waals surface area (Å²) in [7, 11) is 1.66. The van der Waals surface area contributed by atoms with Crippen molar-refractivity contribution in [1.82, 2.24) is 14.9 Å². The lowest BCUT2D eigenvalue weighted by Gasteiger charge is -2.36. The lowest BCUT2D eigenvalue weighted by molar-refractivity contribution is 0.0240. The van der Waals surface area contributed by atoms with Gasteiger partial charge in [0.05, 0.1) is 19.2 Å². The zero-order valence-electron chi connectivity index (χ0n) is 21.8. The molecule has 0 radical (unpaired) electrons. The van der Waals surface area contributed by atoms with Gasteiger partial charge in [-0.3, -0.25) is 0 Å². The van der Waals surface area contributed by atoms with E-state index < -0.39 is 5.60 Å². The van der Waals surface area contributed by atoms with Crippen LogP contribution in [0.3, 0.4) is 0 Å². The van der Waals surface area contributed by atoms with Crippen molar-refractivity contribution in [2.24, 2.45) is 0 Å². The van der Waals surface area contributed by atoms with Crippen molar-refractivity contribution in [1.29, 1.82) is 0 Å². The molecule has 3 heterocycles. The van der Waals surface area contributed by atoms with E-state index in [-0.39, 0.29) is 6.09 Å². The summed E-state index contributed by atoms with van der Waals surface area (Å²) in [6, 6.07) is 3.96. The zero-order valence-corrected chi connectivity index (χ0v) is 21.8. The number of unbranched alkanes of at least 4 members (excludes halogenated alkanes) is 1. The fraction of sp³-hybridized carbons (Fsp3) is 0.654. The number of fused-ring (bicyclic) bond motifs is 1. The Morgan fingerprint density at radius 1 is 0.971 bits per heavy atom. The van der Waals surface area contributed by atoms with Crippen LogP contribution in [-0.4, -0.2) is 79.5 Å². The van der Waals surface area contributed by atoms with Crippen molar-refractivity contribution in [3.63, 3.8) is 0 Å². The van der Waals surface area contributed by atoms with E-state index in [2.05, 4.69) is 16.7 Å². The maximum atomic E-state index is 12.5. The summed E-state index contributed by atoms with van der Waals surface area (Å²) in [5, 5.41) is 0.929. The number of aromatic nitrogens is 2. The molecule has 1 amide bonds. The molecule has 2 aromatic rings. The topological polar surface area (TPSA) is 80.3 Å². The first-order valence-corrected chi connectivity index (χ1v) is 12.8. The van der Waals surface area contributed by atoms with Gasteiger partial charge in [-0.25, -0.2) is 9.78 Å². The van der Waals surface area contributed by atoms with Gasteiger partial charge >= 0.3 is 6.09 Å². The summed E-state index contributed by atoms with van der Waals surface area (Å²) in [5.41, 5.74) is 0.341. The molecule has 2 saturated heterocycles. The van der Waals surface area contributed by atoms with E-state index in [4.69, 9.17) is 24.2 Å². The second-order valence-corrected chi connectivity index (χ2v) is 10.2. The highest BCUT2D eigenvalue weighted by molar-refractivity contribution is 5.93. The van der Waals surface area contributed by atoms with E-state index >= 15 is 0 Å². The number of amides is 1. The fourth-order valence-corrected chi connectivity index (χ4v) is 4.43. The molecule has 1 aromatic heterocycles. The number of ether oxygens (including phenoxy) is 3. The highest BCUT2D eigenvalue weighted by atomic mass is 16.6. The van der Waals surface area contributed by atoms with Crippen molar-refractivity contribution >= 4 is 28.8 Å². The van der Waals surface area contributed by atoms with Crippen molar-refractivity contribution in [3.05, 3.63) is 12.1 Å². The van der Waals surface area contributed by atoms with Crippen LogP contribution >= 0.6 is 0 Å². The van der Waals surface area contributed by atoms with Crippen LogP contribution in [0.4, 0.5) is 16.6 Å². The van der Waals surface area contributed by atoms with Crippen molar-refractivity contribution in [2.45, 2.75) is 59.0 Å². The van der Waals surface area contributed by atoms with Gasteiger partial charge in [0.15, 0.2) is 11.5 Å². The lowest BCUT2D eigenvalue weighted by atomic mass is 10.1. The number of benzene rings is 1. The van der Waals surface area contributed by atoms with Crippen LogP contribution in [-0.2, 0) is 4.74 Å². The lowest BCUT2D eigenvalue weighted by Crippen LogP contribution is -2.50. The van der Waals surface area contributed by atoms with Gasteiger partial charge in [0.2, 0.25) is 5.95 Å². The van der Waals surface area contributed by atoms with E-state index in [0.717, 1.165) is 61.4 Å². The van der Waals surface area contributed by atoms with E-state index in [1.54, 1.807) is 12.0 Å². The number of piperazine rings is 1. The van der Waals surface area contributed by atoms with Crippen LogP contribution in [0.25, 0.3) is 10.9 Å². The molecular weight excluding hydrogens is 446 g/mol. The molecule has 1 aromatic carbocycles. The summed E-state index contributed by atoms with van der Waals surface area (Å²) in [4.78, 5) is 28.8. The van der Waals surface area contributed by atoms with Crippen LogP contribution in [0, 0.1) is 0 Å². The summed E-state index contributed by atoms with van der Waals surface area (Å²) in [6.45, 7) is 12.9. The average Bonchev–Trinajstić information content (AvgIpc) is 3.37. The fourth-order valence-electron chi connectivity index (χ4n) is 4.43. The number of carbonyl (C=O) groups excluding carboxylic acids is 1. The van der Waals surface area contributed by atoms with Gasteiger partial charge in [0.25, 0.3) is 0 Å². The Hall–Kier alpha value is -2.97. The van der Waals surface area contributed by atoms with Crippen molar-refractivity contribution < 1.29 is 19.0 Å². The SMILES string of the molecule is CCCCOc1cc2nc(N3CCCC3)nc(N3CCN(C(=O)OC(C)(C)C)CC3)c2cc1OC. The van der Waals surface area contributed by atoms with Crippen molar-refractivity contribution in [3.8, 4) is 11.5 Å². The van der Waals surface area contributed by atoms with Crippen LogP contribution < -0.4 is 19.3 Å². The number of hydrogen-bond acceptors (Lipinski definition) is 8. The molecule has 0 bridgehead atoms. The van der Waals surface area contributed by atoms with Crippen LogP contribution in [0.5, 0.6) is 11.5 Å². The molecule has 0 unspecified atom stereocenters. The minimum atomic E-state index is -0.505. The molecule has 2 fully saturated rings.